The van der Waals surface area contributed by atoms with E-state index in [4.69, 9.17) is 5.73 Å². The largest absolute Gasteiger partial charge is 0.370 e. The second-order valence-electron chi connectivity index (χ2n) is 4.44. The minimum atomic E-state index is -0.273. The normalized spacial score (nSPS) is 10.1. The van der Waals surface area contributed by atoms with E-state index in [-0.39, 0.29) is 17.7 Å². The Balaban J connectivity index is 3.27. The molecule has 0 atom stereocenters. The van der Waals surface area contributed by atoms with E-state index >= 15 is 0 Å². The van der Waals surface area contributed by atoms with Gasteiger partial charge in [0.1, 0.15) is 0 Å². The van der Waals surface area contributed by atoms with Crippen LogP contribution in [0.1, 0.15) is 38.5 Å². The molecule has 0 saturated heterocycles. The molecule has 0 aliphatic carbocycles. The van der Waals surface area contributed by atoms with Crippen molar-refractivity contribution < 1.29 is 14.4 Å². The Kier molecular flexibility index (Phi) is 13.5. The van der Waals surface area contributed by atoms with Crippen molar-refractivity contribution in [1.29, 1.82) is 0 Å². The van der Waals surface area contributed by atoms with Crippen LogP contribution < -0.4 is 16.4 Å². The molecule has 6 nitrogen and oxygen atoms in total. The number of primary amides is 1. The van der Waals surface area contributed by atoms with Crippen molar-refractivity contribution in [3.8, 4) is 0 Å². The zero-order chi connectivity index (χ0) is 15.9. The van der Waals surface area contributed by atoms with Gasteiger partial charge in [-0.25, -0.2) is 0 Å². The summed E-state index contributed by atoms with van der Waals surface area (Å²) in [5.41, 5.74) is 5.03. The van der Waals surface area contributed by atoms with Crippen LogP contribution in [0, 0.1) is 0 Å². The Morgan fingerprint density at radius 1 is 0.905 bits per heavy atom. The quantitative estimate of drug-likeness (QED) is 0.345. The Morgan fingerprint density at radius 2 is 1.52 bits per heavy atom. The van der Waals surface area contributed by atoms with E-state index in [1.165, 1.54) is 0 Å². The second kappa shape index (κ2) is 14.1. The standard InChI is InChI=1S/C13H25N3O3S2/c1-15-12(18)6-9-20-21-10-7-13(19)16-8-4-2-3-5-11(14)17/h2-10H2,1H3,(H2,14,17)(H,15,18)(H,16,19). The number of carbonyl (C=O) groups is 3. The monoisotopic (exact) mass is 335 g/mol. The molecule has 3 amide bonds. The second-order valence-corrected chi connectivity index (χ2v) is 7.15. The molecule has 0 aromatic rings. The van der Waals surface area contributed by atoms with Gasteiger partial charge < -0.3 is 16.4 Å². The topological polar surface area (TPSA) is 101 Å². The van der Waals surface area contributed by atoms with E-state index in [2.05, 4.69) is 10.6 Å². The summed E-state index contributed by atoms with van der Waals surface area (Å²) < 4.78 is 0. The highest BCUT2D eigenvalue weighted by molar-refractivity contribution is 8.76. The maximum atomic E-state index is 11.5. The predicted octanol–water partition coefficient (Wildman–Crippen LogP) is 1.06. The zero-order valence-corrected chi connectivity index (χ0v) is 14.1. The van der Waals surface area contributed by atoms with Crippen LogP contribution in [0.25, 0.3) is 0 Å². The molecule has 21 heavy (non-hydrogen) atoms. The summed E-state index contributed by atoms with van der Waals surface area (Å²) in [4.78, 5) is 33.0. The van der Waals surface area contributed by atoms with Crippen molar-refractivity contribution in [2.45, 2.75) is 38.5 Å². The number of hydrogen-bond donors (Lipinski definition) is 3. The maximum Gasteiger partial charge on any atom is 0.220 e. The molecule has 0 aromatic heterocycles. The first-order valence-electron chi connectivity index (χ1n) is 7.06. The van der Waals surface area contributed by atoms with Crippen LogP contribution in [0.4, 0.5) is 0 Å². The van der Waals surface area contributed by atoms with Crippen molar-refractivity contribution in [1.82, 2.24) is 10.6 Å². The summed E-state index contributed by atoms with van der Waals surface area (Å²) in [5.74, 6) is 1.31. The highest BCUT2D eigenvalue weighted by Crippen LogP contribution is 2.22. The summed E-state index contributed by atoms with van der Waals surface area (Å²) in [6, 6.07) is 0. The van der Waals surface area contributed by atoms with Crippen molar-refractivity contribution in [3.05, 3.63) is 0 Å². The van der Waals surface area contributed by atoms with Gasteiger partial charge in [-0.2, -0.15) is 0 Å². The number of nitrogens with one attached hydrogen (secondary N) is 2. The number of carbonyl (C=O) groups excluding carboxylic acids is 3. The molecule has 0 heterocycles. The van der Waals surface area contributed by atoms with Crippen LogP contribution in [-0.4, -0.2) is 42.8 Å². The summed E-state index contributed by atoms with van der Waals surface area (Å²) >= 11 is 0. The summed E-state index contributed by atoms with van der Waals surface area (Å²) in [7, 11) is 4.84. The van der Waals surface area contributed by atoms with Crippen LogP contribution in [0.3, 0.4) is 0 Å². The fraction of sp³-hybridized carbons (Fsp3) is 0.769. The molecule has 0 saturated carbocycles. The van der Waals surface area contributed by atoms with Gasteiger partial charge in [0.05, 0.1) is 0 Å². The minimum absolute atomic E-state index is 0.0391. The van der Waals surface area contributed by atoms with E-state index in [0.29, 0.717) is 25.8 Å². The number of rotatable bonds is 13. The van der Waals surface area contributed by atoms with Gasteiger partial charge >= 0.3 is 0 Å². The van der Waals surface area contributed by atoms with E-state index in [1.807, 2.05) is 0 Å². The first-order valence-corrected chi connectivity index (χ1v) is 9.55. The highest BCUT2D eigenvalue weighted by Gasteiger charge is 2.02. The van der Waals surface area contributed by atoms with Gasteiger partial charge in [0.2, 0.25) is 17.7 Å². The third-order valence-corrected chi connectivity index (χ3v) is 5.02. The average Bonchev–Trinajstić information content (AvgIpc) is 2.45. The van der Waals surface area contributed by atoms with Crippen molar-refractivity contribution in [2.75, 3.05) is 25.1 Å². The summed E-state index contributed by atoms with van der Waals surface area (Å²) in [5, 5.41) is 5.41. The van der Waals surface area contributed by atoms with Gasteiger partial charge in [-0.3, -0.25) is 14.4 Å². The molecule has 0 spiro atoms. The molecular formula is C13H25N3O3S2. The van der Waals surface area contributed by atoms with Crippen molar-refractivity contribution in [2.24, 2.45) is 5.73 Å². The number of unbranched alkanes of at least 4 members (excludes halogenated alkanes) is 2. The molecule has 0 rings (SSSR count). The van der Waals surface area contributed by atoms with Crippen molar-refractivity contribution in [3.63, 3.8) is 0 Å². The molecule has 122 valence electrons. The number of amides is 3. The van der Waals surface area contributed by atoms with Gasteiger partial charge in [-0.15, -0.1) is 0 Å². The van der Waals surface area contributed by atoms with E-state index in [1.54, 1.807) is 28.6 Å². The van der Waals surface area contributed by atoms with Gasteiger partial charge in [-0.05, 0) is 12.8 Å². The molecule has 0 fully saturated rings. The van der Waals surface area contributed by atoms with Crippen molar-refractivity contribution >= 4 is 39.3 Å². The van der Waals surface area contributed by atoms with Gasteiger partial charge in [-0.1, -0.05) is 28.0 Å². The van der Waals surface area contributed by atoms with Gasteiger partial charge in [0.15, 0.2) is 0 Å². The predicted molar refractivity (Wildman–Crippen MR) is 88.9 cm³/mol. The molecule has 4 N–H and O–H groups in total. The lowest BCUT2D eigenvalue weighted by Gasteiger charge is -2.05. The summed E-state index contributed by atoms with van der Waals surface area (Å²) in [6.45, 7) is 0.645. The molecule has 8 heteroatoms. The maximum absolute atomic E-state index is 11.5. The summed E-state index contributed by atoms with van der Waals surface area (Å²) in [6.07, 6.45) is 3.95. The van der Waals surface area contributed by atoms with Crippen LogP contribution >= 0.6 is 21.6 Å². The fourth-order valence-corrected chi connectivity index (χ4v) is 3.41. The molecule has 0 unspecified atom stereocenters. The van der Waals surface area contributed by atoms with Crippen LogP contribution in [0.2, 0.25) is 0 Å². The lowest BCUT2D eigenvalue weighted by Crippen LogP contribution is -2.24. The molecule has 0 aliphatic rings. The number of nitrogens with two attached hydrogens (primary N) is 1. The Bertz CT molecular complexity index is 328. The molecule has 0 aromatic carbocycles. The highest BCUT2D eigenvalue weighted by atomic mass is 33.1. The average molecular weight is 335 g/mol. The third-order valence-electron chi connectivity index (χ3n) is 2.61. The van der Waals surface area contributed by atoms with Crippen LogP contribution in [0.15, 0.2) is 0 Å². The Morgan fingerprint density at radius 3 is 2.10 bits per heavy atom. The zero-order valence-electron chi connectivity index (χ0n) is 12.5. The third kappa shape index (κ3) is 15.3. The Hall–Kier alpha value is -0.890. The smallest absolute Gasteiger partial charge is 0.220 e. The van der Waals surface area contributed by atoms with E-state index in [0.717, 1.165) is 30.8 Å². The molecule has 0 aliphatic heterocycles. The first kappa shape index (κ1) is 20.1. The number of hydrogen-bond acceptors (Lipinski definition) is 5. The van der Waals surface area contributed by atoms with Crippen LogP contribution in [-0.2, 0) is 14.4 Å². The van der Waals surface area contributed by atoms with Crippen LogP contribution in [0.5, 0.6) is 0 Å². The van der Waals surface area contributed by atoms with E-state index in [9.17, 15) is 14.4 Å². The lowest BCUT2D eigenvalue weighted by molar-refractivity contribution is -0.121. The molecule has 0 radical (unpaired) electrons. The minimum Gasteiger partial charge on any atom is -0.370 e. The molecule has 0 bridgehead atoms. The molecular weight excluding hydrogens is 310 g/mol. The first-order chi connectivity index (χ1) is 10.1. The van der Waals surface area contributed by atoms with Gasteiger partial charge in [0.25, 0.3) is 0 Å². The SMILES string of the molecule is CNC(=O)CCSSCCC(=O)NCCCCCC(N)=O. The fourth-order valence-electron chi connectivity index (χ4n) is 1.43. The Labute approximate surface area is 134 Å². The lowest BCUT2D eigenvalue weighted by atomic mass is 10.2. The van der Waals surface area contributed by atoms with Gasteiger partial charge in [0, 0.05) is 44.4 Å². The van der Waals surface area contributed by atoms with E-state index < -0.39 is 0 Å².